The summed E-state index contributed by atoms with van der Waals surface area (Å²) in [6, 6.07) is 9.37. The van der Waals surface area contributed by atoms with Crippen molar-refractivity contribution in [1.82, 2.24) is 5.32 Å². The zero-order valence-corrected chi connectivity index (χ0v) is 9.18. The molecule has 1 aromatic carbocycles. The van der Waals surface area contributed by atoms with Gasteiger partial charge in [0.2, 0.25) is 0 Å². The second-order valence-electron chi connectivity index (χ2n) is 3.77. The van der Waals surface area contributed by atoms with Gasteiger partial charge in [-0.2, -0.15) is 0 Å². The number of ether oxygens (including phenoxy) is 2. The van der Waals surface area contributed by atoms with Crippen molar-refractivity contribution in [2.45, 2.75) is 18.6 Å². The number of methoxy groups -OCH3 is 1. The Morgan fingerprint density at radius 1 is 1.38 bits per heavy atom. The van der Waals surface area contributed by atoms with Crippen LogP contribution in [0.5, 0.6) is 5.75 Å². The van der Waals surface area contributed by atoms with E-state index >= 15 is 0 Å². The highest BCUT2D eigenvalue weighted by atomic mass is 16.5. The minimum Gasteiger partial charge on any atom is -0.489 e. The average molecular weight is 221 g/mol. The van der Waals surface area contributed by atoms with Crippen LogP contribution in [0.1, 0.15) is 6.42 Å². The van der Waals surface area contributed by atoms with Crippen molar-refractivity contribution < 1.29 is 14.3 Å². The lowest BCUT2D eigenvalue weighted by Crippen LogP contribution is -2.31. The van der Waals surface area contributed by atoms with E-state index in [0.717, 1.165) is 5.75 Å². The van der Waals surface area contributed by atoms with Gasteiger partial charge in [0.15, 0.2) is 0 Å². The van der Waals surface area contributed by atoms with Crippen molar-refractivity contribution in [1.29, 1.82) is 0 Å². The third-order valence-electron chi connectivity index (χ3n) is 2.62. The number of rotatable bonds is 3. The second-order valence-corrected chi connectivity index (χ2v) is 3.77. The Balaban J connectivity index is 1.88. The molecule has 0 bridgehead atoms. The number of carbonyl (C=O) groups excluding carboxylic acids is 1. The Labute approximate surface area is 94.6 Å². The molecule has 2 rings (SSSR count). The van der Waals surface area contributed by atoms with Gasteiger partial charge in [-0.25, -0.2) is 0 Å². The van der Waals surface area contributed by atoms with Crippen LogP contribution in [-0.2, 0) is 9.53 Å². The lowest BCUT2D eigenvalue weighted by molar-refractivity contribution is -0.142. The topological polar surface area (TPSA) is 47.6 Å². The summed E-state index contributed by atoms with van der Waals surface area (Å²) >= 11 is 0. The van der Waals surface area contributed by atoms with E-state index in [0.29, 0.717) is 13.0 Å². The summed E-state index contributed by atoms with van der Waals surface area (Å²) in [5.41, 5.74) is 0. The van der Waals surface area contributed by atoms with Crippen LogP contribution in [-0.4, -0.2) is 31.8 Å². The van der Waals surface area contributed by atoms with Gasteiger partial charge >= 0.3 is 5.97 Å². The normalized spacial score (nSPS) is 24.1. The first kappa shape index (κ1) is 11.0. The summed E-state index contributed by atoms with van der Waals surface area (Å²) in [5.74, 6) is 0.610. The van der Waals surface area contributed by atoms with Gasteiger partial charge in [0.05, 0.1) is 7.11 Å². The summed E-state index contributed by atoms with van der Waals surface area (Å²) in [6.07, 6.45) is 0.688. The van der Waals surface area contributed by atoms with Crippen LogP contribution in [0.25, 0.3) is 0 Å². The molecule has 2 unspecified atom stereocenters. The van der Waals surface area contributed by atoms with E-state index < -0.39 is 0 Å². The van der Waals surface area contributed by atoms with Crippen molar-refractivity contribution in [3.8, 4) is 5.75 Å². The highest BCUT2D eigenvalue weighted by Crippen LogP contribution is 2.17. The average Bonchev–Trinajstić information content (AvgIpc) is 2.78. The highest BCUT2D eigenvalue weighted by Gasteiger charge is 2.31. The molecule has 86 valence electrons. The molecular weight excluding hydrogens is 206 g/mol. The summed E-state index contributed by atoms with van der Waals surface area (Å²) in [6.45, 7) is 0.675. The van der Waals surface area contributed by atoms with Crippen molar-refractivity contribution in [2.75, 3.05) is 13.7 Å². The summed E-state index contributed by atoms with van der Waals surface area (Å²) < 4.78 is 10.4. The van der Waals surface area contributed by atoms with E-state index in [9.17, 15) is 4.79 Å². The van der Waals surface area contributed by atoms with E-state index in [1.165, 1.54) is 7.11 Å². The van der Waals surface area contributed by atoms with Crippen LogP contribution in [0, 0.1) is 0 Å². The Hall–Kier alpha value is -1.55. The standard InChI is InChI=1S/C12H15NO3/c1-15-12(14)11-7-10(8-13-11)16-9-5-3-2-4-6-9/h2-6,10-11,13H,7-8H2,1H3. The minimum atomic E-state index is -0.237. The molecule has 1 aromatic rings. The monoisotopic (exact) mass is 221 g/mol. The minimum absolute atomic E-state index is 0.0338. The maximum absolute atomic E-state index is 11.3. The highest BCUT2D eigenvalue weighted by molar-refractivity contribution is 5.76. The van der Waals surface area contributed by atoms with Gasteiger partial charge in [-0.1, -0.05) is 18.2 Å². The SMILES string of the molecule is COC(=O)C1CC(Oc2ccccc2)CN1. The number of esters is 1. The lowest BCUT2D eigenvalue weighted by atomic mass is 10.2. The Morgan fingerprint density at radius 2 is 2.12 bits per heavy atom. The fraction of sp³-hybridized carbons (Fsp3) is 0.417. The van der Waals surface area contributed by atoms with Crippen molar-refractivity contribution >= 4 is 5.97 Å². The maximum atomic E-state index is 11.3. The molecule has 0 spiro atoms. The first-order chi connectivity index (χ1) is 7.79. The molecule has 0 aromatic heterocycles. The number of carbonyl (C=O) groups is 1. The third kappa shape index (κ3) is 2.52. The van der Waals surface area contributed by atoms with Gasteiger partial charge in [0.1, 0.15) is 17.9 Å². The molecule has 1 aliphatic rings. The third-order valence-corrected chi connectivity index (χ3v) is 2.62. The summed E-state index contributed by atoms with van der Waals surface area (Å²) in [4.78, 5) is 11.3. The predicted molar refractivity (Wildman–Crippen MR) is 59.3 cm³/mol. The molecule has 16 heavy (non-hydrogen) atoms. The van der Waals surface area contributed by atoms with Crippen LogP contribution in [0.15, 0.2) is 30.3 Å². The molecule has 1 N–H and O–H groups in total. The molecule has 1 aliphatic heterocycles. The molecule has 0 radical (unpaired) electrons. The quantitative estimate of drug-likeness (QED) is 0.773. The molecule has 4 nitrogen and oxygen atoms in total. The number of para-hydroxylation sites is 1. The van der Waals surface area contributed by atoms with Gasteiger partial charge in [-0.05, 0) is 12.1 Å². The first-order valence-corrected chi connectivity index (χ1v) is 5.32. The van der Waals surface area contributed by atoms with E-state index in [1.807, 2.05) is 30.3 Å². The van der Waals surface area contributed by atoms with Gasteiger partial charge in [0.25, 0.3) is 0 Å². The van der Waals surface area contributed by atoms with E-state index in [-0.39, 0.29) is 18.1 Å². The van der Waals surface area contributed by atoms with E-state index in [2.05, 4.69) is 10.1 Å². The summed E-state index contributed by atoms with van der Waals surface area (Å²) in [5, 5.41) is 3.08. The molecule has 0 aliphatic carbocycles. The number of benzene rings is 1. The predicted octanol–water partition coefficient (Wildman–Crippen LogP) is 0.969. The number of hydrogen-bond acceptors (Lipinski definition) is 4. The van der Waals surface area contributed by atoms with Crippen molar-refractivity contribution in [3.05, 3.63) is 30.3 Å². The van der Waals surface area contributed by atoms with Crippen LogP contribution in [0.3, 0.4) is 0 Å². The largest absolute Gasteiger partial charge is 0.489 e. The molecule has 1 fully saturated rings. The van der Waals surface area contributed by atoms with Gasteiger partial charge < -0.3 is 14.8 Å². The van der Waals surface area contributed by atoms with E-state index in [4.69, 9.17) is 4.74 Å². The fourth-order valence-electron chi connectivity index (χ4n) is 1.81. The lowest BCUT2D eigenvalue weighted by Gasteiger charge is -2.12. The Kier molecular flexibility index (Phi) is 3.41. The Morgan fingerprint density at radius 3 is 2.81 bits per heavy atom. The smallest absolute Gasteiger partial charge is 0.323 e. The fourth-order valence-corrected chi connectivity index (χ4v) is 1.81. The molecule has 0 amide bonds. The molecule has 4 heteroatoms. The molecule has 0 saturated carbocycles. The number of hydrogen-bond donors (Lipinski definition) is 1. The van der Waals surface area contributed by atoms with Crippen LogP contribution in [0.4, 0.5) is 0 Å². The van der Waals surface area contributed by atoms with Crippen molar-refractivity contribution in [2.24, 2.45) is 0 Å². The zero-order chi connectivity index (χ0) is 11.4. The van der Waals surface area contributed by atoms with Gasteiger partial charge in [-0.15, -0.1) is 0 Å². The Bertz CT molecular complexity index is 353. The van der Waals surface area contributed by atoms with Crippen LogP contribution in [0.2, 0.25) is 0 Å². The first-order valence-electron chi connectivity index (χ1n) is 5.32. The second kappa shape index (κ2) is 4.99. The summed E-state index contributed by atoms with van der Waals surface area (Å²) in [7, 11) is 1.40. The number of nitrogens with one attached hydrogen (secondary N) is 1. The van der Waals surface area contributed by atoms with Crippen molar-refractivity contribution in [3.63, 3.8) is 0 Å². The van der Waals surface area contributed by atoms with Crippen LogP contribution < -0.4 is 10.1 Å². The molecular formula is C12H15NO3. The maximum Gasteiger partial charge on any atom is 0.323 e. The van der Waals surface area contributed by atoms with E-state index in [1.54, 1.807) is 0 Å². The molecule has 1 saturated heterocycles. The zero-order valence-electron chi connectivity index (χ0n) is 9.18. The van der Waals surface area contributed by atoms with Crippen LogP contribution >= 0.6 is 0 Å². The van der Waals surface area contributed by atoms with Gasteiger partial charge in [0, 0.05) is 13.0 Å². The van der Waals surface area contributed by atoms with Gasteiger partial charge in [-0.3, -0.25) is 4.79 Å². The molecule has 2 atom stereocenters. The molecule has 1 heterocycles.